The molecule has 1 aromatic rings. The molecule has 0 bridgehead atoms. The Labute approximate surface area is 108 Å². The van der Waals surface area contributed by atoms with E-state index in [0.717, 1.165) is 0 Å². The minimum atomic E-state index is -1.91. The van der Waals surface area contributed by atoms with Crippen molar-refractivity contribution in [2.24, 2.45) is 5.73 Å². The van der Waals surface area contributed by atoms with Crippen LogP contribution in [0.3, 0.4) is 0 Å². The summed E-state index contributed by atoms with van der Waals surface area (Å²) in [6.45, 7) is 8.04. The predicted octanol–water partition coefficient (Wildman–Crippen LogP) is 2.06. The molecule has 6 heteroatoms. The van der Waals surface area contributed by atoms with Crippen LogP contribution in [0.4, 0.5) is 0 Å². The van der Waals surface area contributed by atoms with Gasteiger partial charge in [-0.2, -0.15) is 0 Å². The van der Waals surface area contributed by atoms with Crippen LogP contribution < -0.4 is 5.73 Å². The van der Waals surface area contributed by atoms with Crippen molar-refractivity contribution < 1.29 is 18.4 Å². The van der Waals surface area contributed by atoms with Gasteiger partial charge in [-0.25, -0.2) is 4.79 Å². The Morgan fingerprint density at radius 3 is 2.61 bits per heavy atom. The molecule has 1 heterocycles. The second kappa shape index (κ2) is 6.17. The van der Waals surface area contributed by atoms with Gasteiger partial charge >= 0.3 is 5.97 Å². The lowest BCUT2D eigenvalue weighted by molar-refractivity contribution is -0.153. The first-order valence-electron chi connectivity index (χ1n) is 5.98. The van der Waals surface area contributed by atoms with Crippen LogP contribution in [0, 0.1) is 0 Å². The van der Waals surface area contributed by atoms with Gasteiger partial charge in [-0.15, -0.1) is 0 Å². The van der Waals surface area contributed by atoms with Gasteiger partial charge in [0.15, 0.2) is 14.4 Å². The van der Waals surface area contributed by atoms with Gasteiger partial charge in [0.25, 0.3) is 0 Å². The Morgan fingerprint density at radius 2 is 2.17 bits per heavy atom. The summed E-state index contributed by atoms with van der Waals surface area (Å²) in [5.74, 6) is 0.0788. The number of hydrogen-bond donors (Lipinski definition) is 1. The summed E-state index contributed by atoms with van der Waals surface area (Å²) in [4.78, 5) is 11.9. The summed E-state index contributed by atoms with van der Waals surface area (Å²) in [5.41, 5.74) is 6.02. The van der Waals surface area contributed by atoms with Crippen LogP contribution in [0.25, 0.3) is 0 Å². The molecule has 0 aliphatic carbocycles. The van der Waals surface area contributed by atoms with E-state index in [1.165, 1.54) is 6.26 Å². The average molecular weight is 271 g/mol. The van der Waals surface area contributed by atoms with E-state index in [9.17, 15) is 4.79 Å². The minimum Gasteiger partial charge on any atom is -0.468 e. The lowest BCUT2D eigenvalue weighted by Crippen LogP contribution is -2.44. The molecule has 18 heavy (non-hydrogen) atoms. The van der Waals surface area contributed by atoms with Gasteiger partial charge in [0.05, 0.1) is 18.9 Å². The van der Waals surface area contributed by atoms with Crippen LogP contribution in [0.2, 0.25) is 19.6 Å². The minimum absolute atomic E-state index is 0.301. The zero-order chi connectivity index (χ0) is 13.8. The maximum Gasteiger partial charge on any atom is 0.336 e. The highest BCUT2D eigenvalue weighted by atomic mass is 28.4. The molecular formula is C12H21NO4Si. The maximum absolute atomic E-state index is 11.9. The van der Waals surface area contributed by atoms with Crippen molar-refractivity contribution in [1.82, 2.24) is 0 Å². The molecule has 5 nitrogen and oxygen atoms in total. The Kier molecular flexibility index (Phi) is 5.12. The molecule has 1 rings (SSSR count). The van der Waals surface area contributed by atoms with Gasteiger partial charge in [0, 0.05) is 0 Å². The molecular weight excluding hydrogens is 250 g/mol. The first-order chi connectivity index (χ1) is 8.35. The molecule has 0 radical (unpaired) electrons. The molecule has 0 unspecified atom stereocenters. The van der Waals surface area contributed by atoms with Crippen molar-refractivity contribution in [2.45, 2.75) is 38.7 Å². The number of ether oxygens (including phenoxy) is 1. The van der Waals surface area contributed by atoms with Crippen LogP contribution in [0.15, 0.2) is 22.8 Å². The third-order valence-corrected chi connectivity index (χ3v) is 3.16. The van der Waals surface area contributed by atoms with Crippen molar-refractivity contribution in [2.75, 3.05) is 6.61 Å². The van der Waals surface area contributed by atoms with Crippen LogP contribution in [-0.2, 0) is 14.0 Å². The second-order valence-corrected chi connectivity index (χ2v) is 9.40. The van der Waals surface area contributed by atoms with Crippen molar-refractivity contribution in [1.29, 1.82) is 0 Å². The summed E-state index contributed by atoms with van der Waals surface area (Å²) in [6, 6.07) is 2.81. The van der Waals surface area contributed by atoms with E-state index in [0.29, 0.717) is 12.4 Å². The smallest absolute Gasteiger partial charge is 0.336 e. The first kappa shape index (κ1) is 14.9. The Balaban J connectivity index is 2.86. The van der Waals surface area contributed by atoms with E-state index >= 15 is 0 Å². The van der Waals surface area contributed by atoms with Crippen LogP contribution in [0.1, 0.15) is 18.7 Å². The quantitative estimate of drug-likeness (QED) is 0.633. The Hall–Kier alpha value is -1.11. The van der Waals surface area contributed by atoms with E-state index in [1.807, 2.05) is 19.6 Å². The molecule has 0 aliphatic rings. The number of carbonyl (C=O) groups excluding carboxylic acids is 1. The molecule has 0 aromatic carbocycles. The summed E-state index contributed by atoms with van der Waals surface area (Å²) >= 11 is 0. The molecule has 0 saturated heterocycles. The highest BCUT2D eigenvalue weighted by Gasteiger charge is 2.34. The first-order valence-corrected chi connectivity index (χ1v) is 9.39. The second-order valence-electron chi connectivity index (χ2n) is 4.94. The standard InChI is InChI=1S/C12H21NO4Si/c1-5-15-12(14)11(17-18(2,3)4)10(13)9-7-6-8-16-9/h6-8,10-11H,5,13H2,1-4H3/t10-,11+/m1/s1. The molecule has 0 amide bonds. The summed E-state index contributed by atoms with van der Waals surface area (Å²) < 4.78 is 16.0. The highest BCUT2D eigenvalue weighted by molar-refractivity contribution is 6.69. The van der Waals surface area contributed by atoms with E-state index in [2.05, 4.69) is 0 Å². The topological polar surface area (TPSA) is 74.7 Å². The zero-order valence-electron chi connectivity index (χ0n) is 11.3. The number of esters is 1. The number of rotatable bonds is 6. The van der Waals surface area contributed by atoms with E-state index in [1.54, 1.807) is 19.1 Å². The Morgan fingerprint density at radius 1 is 1.50 bits per heavy atom. The van der Waals surface area contributed by atoms with Crippen molar-refractivity contribution in [3.8, 4) is 0 Å². The third kappa shape index (κ3) is 4.28. The van der Waals surface area contributed by atoms with Crippen molar-refractivity contribution in [3.05, 3.63) is 24.2 Å². The number of nitrogens with two attached hydrogens (primary N) is 1. The zero-order valence-corrected chi connectivity index (χ0v) is 12.3. The lowest BCUT2D eigenvalue weighted by Gasteiger charge is -2.28. The number of hydrogen-bond acceptors (Lipinski definition) is 5. The van der Waals surface area contributed by atoms with Crippen LogP contribution >= 0.6 is 0 Å². The normalized spacial score (nSPS) is 15.2. The van der Waals surface area contributed by atoms with Gasteiger partial charge in [0.1, 0.15) is 5.76 Å². The molecule has 2 atom stereocenters. The molecule has 0 aliphatic heterocycles. The van der Waals surface area contributed by atoms with Gasteiger partial charge in [-0.05, 0) is 38.7 Å². The Bertz CT molecular complexity index is 372. The fraction of sp³-hybridized carbons (Fsp3) is 0.583. The van der Waals surface area contributed by atoms with Gasteiger partial charge in [-0.1, -0.05) is 0 Å². The fourth-order valence-corrected chi connectivity index (χ4v) is 2.51. The molecule has 1 aromatic heterocycles. The van der Waals surface area contributed by atoms with E-state index in [4.69, 9.17) is 19.3 Å². The van der Waals surface area contributed by atoms with E-state index in [-0.39, 0.29) is 0 Å². The number of carbonyl (C=O) groups is 1. The average Bonchev–Trinajstić information content (AvgIpc) is 2.77. The summed E-state index contributed by atoms with van der Waals surface area (Å²) in [5, 5.41) is 0. The SMILES string of the molecule is CCOC(=O)[C@@H](O[Si](C)(C)C)[C@H](N)c1ccco1. The monoisotopic (exact) mass is 271 g/mol. The van der Waals surface area contributed by atoms with Gasteiger partial charge < -0.3 is 19.3 Å². The molecule has 0 spiro atoms. The summed E-state index contributed by atoms with van der Waals surface area (Å²) in [6.07, 6.45) is 0.703. The largest absolute Gasteiger partial charge is 0.468 e. The van der Waals surface area contributed by atoms with Crippen LogP contribution in [-0.4, -0.2) is 27.0 Å². The predicted molar refractivity (Wildman–Crippen MR) is 70.5 cm³/mol. The molecule has 0 saturated carbocycles. The molecule has 0 fully saturated rings. The third-order valence-electron chi connectivity index (χ3n) is 2.20. The fourth-order valence-electron chi connectivity index (χ4n) is 1.50. The van der Waals surface area contributed by atoms with Crippen molar-refractivity contribution in [3.63, 3.8) is 0 Å². The molecule has 2 N–H and O–H groups in total. The molecule has 102 valence electrons. The van der Waals surface area contributed by atoms with Gasteiger partial charge in [-0.3, -0.25) is 0 Å². The van der Waals surface area contributed by atoms with Crippen molar-refractivity contribution >= 4 is 14.3 Å². The lowest BCUT2D eigenvalue weighted by atomic mass is 10.1. The highest BCUT2D eigenvalue weighted by Crippen LogP contribution is 2.21. The van der Waals surface area contributed by atoms with Gasteiger partial charge in [0.2, 0.25) is 0 Å². The van der Waals surface area contributed by atoms with E-state index < -0.39 is 26.4 Å². The number of furan rings is 1. The maximum atomic E-state index is 11.9. The van der Waals surface area contributed by atoms with Crippen LogP contribution in [0.5, 0.6) is 0 Å². The summed E-state index contributed by atoms with van der Waals surface area (Å²) in [7, 11) is -1.91.